The average molecular weight is 301 g/mol. The van der Waals surface area contributed by atoms with Gasteiger partial charge < -0.3 is 32.7 Å². The van der Waals surface area contributed by atoms with Crippen LogP contribution >= 0.6 is 0 Å². The van der Waals surface area contributed by atoms with E-state index in [1.54, 1.807) is 0 Å². The van der Waals surface area contributed by atoms with Crippen molar-refractivity contribution in [3.8, 4) is 0 Å². The van der Waals surface area contributed by atoms with Crippen LogP contribution in [0, 0.1) is 0 Å². The van der Waals surface area contributed by atoms with Gasteiger partial charge in [0.05, 0.1) is 11.6 Å². The highest BCUT2D eigenvalue weighted by Crippen LogP contribution is 2.03. The summed E-state index contributed by atoms with van der Waals surface area (Å²) >= 11 is 0. The predicted octanol–water partition coefficient (Wildman–Crippen LogP) is -2.42. The Kier molecular flexibility index (Phi) is 7.47. The van der Waals surface area contributed by atoms with Crippen LogP contribution in [0.25, 0.3) is 0 Å². The highest BCUT2D eigenvalue weighted by molar-refractivity contribution is 5.98. The monoisotopic (exact) mass is 301 g/mol. The lowest BCUT2D eigenvalue weighted by molar-refractivity contribution is -0.143. The minimum atomic E-state index is -1.74. The Balaban J connectivity index is 4.49. The van der Waals surface area contributed by atoms with E-state index in [1.165, 1.54) is 0 Å². The molecule has 0 heterocycles. The second-order valence-electron chi connectivity index (χ2n) is 4.17. The topological polar surface area (TPSA) is 194 Å². The van der Waals surface area contributed by atoms with Crippen LogP contribution in [0.2, 0.25) is 0 Å². The number of carbonyl (C=O) groups is 3. The lowest BCUT2D eigenvalue weighted by Crippen LogP contribution is -2.50. The number of aliphatic imine (C=N–C) groups is 1. The van der Waals surface area contributed by atoms with Crippen LogP contribution in [-0.4, -0.2) is 52.6 Å². The predicted molar refractivity (Wildman–Crippen MR) is 74.2 cm³/mol. The molecule has 21 heavy (non-hydrogen) atoms. The summed E-state index contributed by atoms with van der Waals surface area (Å²) in [4.78, 5) is 37.0. The van der Waals surface area contributed by atoms with Gasteiger partial charge in [-0.1, -0.05) is 6.58 Å². The molecule has 0 aliphatic carbocycles. The number of hydrogen-bond donors (Lipinski definition) is 6. The van der Waals surface area contributed by atoms with Crippen molar-refractivity contribution < 1.29 is 24.6 Å². The quantitative estimate of drug-likeness (QED) is 0.117. The van der Waals surface area contributed by atoms with Crippen molar-refractivity contribution in [2.45, 2.75) is 24.9 Å². The largest absolute Gasteiger partial charge is 0.479 e. The maximum absolute atomic E-state index is 11.7. The third-order valence-electron chi connectivity index (χ3n) is 2.46. The van der Waals surface area contributed by atoms with Crippen LogP contribution in [0.4, 0.5) is 0 Å². The first-order chi connectivity index (χ1) is 9.66. The third-order valence-corrected chi connectivity index (χ3v) is 2.46. The van der Waals surface area contributed by atoms with Crippen molar-refractivity contribution in [2.75, 3.05) is 6.54 Å². The summed E-state index contributed by atoms with van der Waals surface area (Å²) in [7, 11) is 0. The normalized spacial score (nSPS) is 12.8. The molecule has 0 spiro atoms. The number of nitrogens with one attached hydrogen (secondary N) is 1. The van der Waals surface area contributed by atoms with Gasteiger partial charge in [-0.3, -0.25) is 9.79 Å². The molecule has 0 radical (unpaired) electrons. The Bertz CT molecular complexity index is 458. The summed E-state index contributed by atoms with van der Waals surface area (Å²) < 4.78 is 0. The first kappa shape index (κ1) is 18.4. The molecule has 118 valence electrons. The minimum absolute atomic E-state index is 0.0864. The van der Waals surface area contributed by atoms with E-state index in [4.69, 9.17) is 27.4 Å². The Morgan fingerprint density at radius 1 is 1.24 bits per heavy atom. The van der Waals surface area contributed by atoms with Gasteiger partial charge in [0.1, 0.15) is 0 Å². The zero-order valence-corrected chi connectivity index (χ0v) is 11.3. The van der Waals surface area contributed by atoms with Crippen LogP contribution in [0.5, 0.6) is 0 Å². The summed E-state index contributed by atoms with van der Waals surface area (Å²) in [6, 6.07) is -2.75. The molecule has 0 bridgehead atoms. The Labute approximate surface area is 120 Å². The molecule has 1 amide bonds. The summed E-state index contributed by atoms with van der Waals surface area (Å²) in [6.07, 6.45) is 0.610. The van der Waals surface area contributed by atoms with Crippen LogP contribution < -0.4 is 22.5 Å². The van der Waals surface area contributed by atoms with E-state index >= 15 is 0 Å². The van der Waals surface area contributed by atoms with E-state index in [2.05, 4.69) is 11.6 Å². The van der Waals surface area contributed by atoms with Gasteiger partial charge in [0.15, 0.2) is 12.0 Å². The molecule has 0 saturated carbocycles. The molecular formula is C11H19N5O5. The molecule has 10 nitrogen and oxygen atoms in total. The lowest BCUT2D eigenvalue weighted by Gasteiger charge is -2.17. The van der Waals surface area contributed by atoms with E-state index in [1.807, 2.05) is 5.32 Å². The number of aliphatic carboxylic acids is 2. The van der Waals surface area contributed by atoms with Gasteiger partial charge in [0.25, 0.3) is 0 Å². The van der Waals surface area contributed by atoms with Gasteiger partial charge in [-0.05, 0) is 12.8 Å². The third kappa shape index (κ3) is 6.92. The summed E-state index contributed by atoms with van der Waals surface area (Å²) in [5, 5.41) is 19.6. The van der Waals surface area contributed by atoms with Gasteiger partial charge in [-0.15, -0.1) is 0 Å². The molecule has 0 aliphatic rings. The van der Waals surface area contributed by atoms with Crippen molar-refractivity contribution in [2.24, 2.45) is 22.2 Å². The Morgan fingerprint density at radius 2 is 1.81 bits per heavy atom. The molecule has 2 atom stereocenters. The molecule has 0 unspecified atom stereocenters. The van der Waals surface area contributed by atoms with Crippen LogP contribution in [0.3, 0.4) is 0 Å². The van der Waals surface area contributed by atoms with E-state index in [-0.39, 0.29) is 18.9 Å². The number of nitrogens with two attached hydrogens (primary N) is 3. The van der Waals surface area contributed by atoms with E-state index in [0.717, 1.165) is 0 Å². The van der Waals surface area contributed by atoms with Crippen molar-refractivity contribution >= 4 is 23.8 Å². The van der Waals surface area contributed by atoms with Gasteiger partial charge in [-0.2, -0.15) is 0 Å². The smallest absolute Gasteiger partial charge is 0.333 e. The van der Waals surface area contributed by atoms with Crippen LogP contribution in [-0.2, 0) is 14.4 Å². The van der Waals surface area contributed by atoms with Crippen molar-refractivity contribution in [3.63, 3.8) is 0 Å². The number of carboxylic acid groups (broad SMARTS) is 2. The van der Waals surface area contributed by atoms with Gasteiger partial charge in [0.2, 0.25) is 5.91 Å². The summed E-state index contributed by atoms with van der Waals surface area (Å²) in [5.74, 6) is -3.95. The van der Waals surface area contributed by atoms with Gasteiger partial charge >= 0.3 is 11.9 Å². The molecule has 0 aromatic carbocycles. The fraction of sp³-hybridized carbons (Fsp3) is 0.455. The second kappa shape index (κ2) is 8.53. The number of rotatable bonds is 9. The number of hydrogen-bond acceptors (Lipinski definition) is 5. The molecule has 0 saturated heterocycles. The maximum Gasteiger partial charge on any atom is 0.333 e. The number of nitrogens with zero attached hydrogens (tertiary/aromatic N) is 1. The van der Waals surface area contributed by atoms with Crippen molar-refractivity contribution in [1.29, 1.82) is 0 Å². The Hall–Kier alpha value is -2.62. The number of guanidine groups is 1. The highest BCUT2D eigenvalue weighted by atomic mass is 16.4. The number of carboxylic acids is 2. The van der Waals surface area contributed by atoms with Gasteiger partial charge in [-0.25, -0.2) is 9.59 Å². The standard InChI is InChI=1S/C11H19N5O5/c1-5(9(18)19)7(10(20)21)16-8(17)6(12)3-2-4-15-11(13)14/h6-7H,1-4,12H2,(H,16,17)(H,18,19)(H,20,21)(H4,13,14,15)/t6-,7-/m0/s1. The first-order valence-electron chi connectivity index (χ1n) is 5.93. The molecule has 0 aromatic rings. The van der Waals surface area contributed by atoms with E-state index < -0.39 is 35.5 Å². The van der Waals surface area contributed by atoms with Crippen molar-refractivity contribution in [3.05, 3.63) is 12.2 Å². The van der Waals surface area contributed by atoms with Crippen molar-refractivity contribution in [1.82, 2.24) is 5.32 Å². The fourth-order valence-electron chi connectivity index (χ4n) is 1.32. The van der Waals surface area contributed by atoms with Crippen LogP contribution in [0.1, 0.15) is 12.8 Å². The number of carbonyl (C=O) groups excluding carboxylic acids is 1. The zero-order valence-electron chi connectivity index (χ0n) is 11.3. The highest BCUT2D eigenvalue weighted by Gasteiger charge is 2.28. The molecule has 0 rings (SSSR count). The van der Waals surface area contributed by atoms with Gasteiger partial charge in [0, 0.05) is 6.54 Å². The lowest BCUT2D eigenvalue weighted by atomic mass is 10.1. The minimum Gasteiger partial charge on any atom is -0.479 e. The number of amides is 1. The first-order valence-corrected chi connectivity index (χ1v) is 5.93. The molecule has 0 fully saturated rings. The Morgan fingerprint density at radius 3 is 2.24 bits per heavy atom. The average Bonchev–Trinajstić information content (AvgIpc) is 2.38. The SMILES string of the molecule is C=C(C(=O)O)[C@H](NC(=O)[C@@H](N)CCCN=C(N)N)C(=O)O. The maximum atomic E-state index is 11.7. The van der Waals surface area contributed by atoms with Crippen LogP contribution in [0.15, 0.2) is 17.1 Å². The molecule has 0 aliphatic heterocycles. The molecule has 0 aromatic heterocycles. The van der Waals surface area contributed by atoms with E-state index in [9.17, 15) is 14.4 Å². The van der Waals surface area contributed by atoms with E-state index in [0.29, 0.717) is 6.42 Å². The zero-order chi connectivity index (χ0) is 16.6. The second-order valence-corrected chi connectivity index (χ2v) is 4.17. The fourth-order valence-corrected chi connectivity index (χ4v) is 1.32. The summed E-state index contributed by atoms with van der Waals surface area (Å²) in [6.45, 7) is 3.37. The molecule has 9 N–H and O–H groups in total. The summed E-state index contributed by atoms with van der Waals surface area (Å²) in [5.41, 5.74) is 15.1. The molecule has 10 heteroatoms. The molecular weight excluding hydrogens is 282 g/mol.